The van der Waals surface area contributed by atoms with Crippen molar-refractivity contribution < 1.29 is 24.1 Å². The van der Waals surface area contributed by atoms with E-state index in [0.717, 1.165) is 50.0 Å². The predicted molar refractivity (Wildman–Crippen MR) is 132 cm³/mol. The van der Waals surface area contributed by atoms with Crippen LogP contribution in [0.15, 0.2) is 42.5 Å². The van der Waals surface area contributed by atoms with Gasteiger partial charge in [0.15, 0.2) is 11.5 Å². The second-order valence-electron chi connectivity index (χ2n) is 10.1. The standard InChI is InChI=1S/C27H38N2O5/c1-27(2,3)22-5-7-24(8-6-22)32-15-14-31-19-23(30)18-29-12-10-28(11-13-29)17-21-4-9-25-26(16-21)34-20-33-25/h4-9,16,23,30H,10-15,17-20H2,1-3H3. The van der Waals surface area contributed by atoms with Gasteiger partial charge in [-0.15, -0.1) is 0 Å². The molecule has 1 atom stereocenters. The Morgan fingerprint density at radius 3 is 2.35 bits per heavy atom. The lowest BCUT2D eigenvalue weighted by Crippen LogP contribution is -2.48. The number of nitrogens with zero attached hydrogens (tertiary/aromatic N) is 2. The van der Waals surface area contributed by atoms with Gasteiger partial charge in [-0.3, -0.25) is 9.80 Å². The van der Waals surface area contributed by atoms with Crippen LogP contribution in [0.25, 0.3) is 0 Å². The van der Waals surface area contributed by atoms with E-state index in [2.05, 4.69) is 54.8 Å². The third-order valence-electron chi connectivity index (χ3n) is 6.30. The zero-order valence-electron chi connectivity index (χ0n) is 20.7. The molecule has 34 heavy (non-hydrogen) atoms. The first kappa shape index (κ1) is 24.8. The number of hydrogen-bond donors (Lipinski definition) is 1. The maximum Gasteiger partial charge on any atom is 0.231 e. The summed E-state index contributed by atoms with van der Waals surface area (Å²) in [4.78, 5) is 4.74. The van der Waals surface area contributed by atoms with Crippen molar-refractivity contribution in [2.45, 2.75) is 38.8 Å². The van der Waals surface area contributed by atoms with E-state index in [-0.39, 0.29) is 5.41 Å². The van der Waals surface area contributed by atoms with Gasteiger partial charge in [-0.05, 0) is 40.8 Å². The van der Waals surface area contributed by atoms with Gasteiger partial charge in [0.1, 0.15) is 12.4 Å². The van der Waals surface area contributed by atoms with Crippen molar-refractivity contribution in [3.8, 4) is 17.2 Å². The maximum absolute atomic E-state index is 10.4. The molecule has 2 heterocycles. The van der Waals surface area contributed by atoms with E-state index in [4.69, 9.17) is 18.9 Å². The van der Waals surface area contributed by atoms with Gasteiger partial charge in [-0.2, -0.15) is 0 Å². The number of fused-ring (bicyclic) bond motifs is 1. The van der Waals surface area contributed by atoms with E-state index >= 15 is 0 Å². The Hall–Kier alpha value is -2.32. The van der Waals surface area contributed by atoms with Gasteiger partial charge in [-0.1, -0.05) is 39.0 Å². The molecule has 2 aromatic rings. The number of aliphatic hydroxyl groups excluding tert-OH is 1. The molecular formula is C27H38N2O5. The van der Waals surface area contributed by atoms with Crippen molar-refractivity contribution in [3.63, 3.8) is 0 Å². The fourth-order valence-corrected chi connectivity index (χ4v) is 4.27. The molecular weight excluding hydrogens is 432 g/mol. The average molecular weight is 471 g/mol. The normalized spacial score (nSPS) is 17.6. The Balaban J connectivity index is 1.07. The summed E-state index contributed by atoms with van der Waals surface area (Å²) < 4.78 is 22.3. The molecule has 0 amide bonds. The molecule has 0 saturated carbocycles. The Labute approximate surface area is 203 Å². The van der Waals surface area contributed by atoms with E-state index in [1.165, 1.54) is 11.1 Å². The van der Waals surface area contributed by atoms with Gasteiger partial charge in [-0.25, -0.2) is 0 Å². The summed E-state index contributed by atoms with van der Waals surface area (Å²) in [6, 6.07) is 14.4. The number of benzene rings is 2. The number of ether oxygens (including phenoxy) is 4. The summed E-state index contributed by atoms with van der Waals surface area (Å²) >= 11 is 0. The van der Waals surface area contributed by atoms with Crippen LogP contribution in [0.5, 0.6) is 17.2 Å². The Bertz CT molecular complexity index is 904. The molecule has 0 aromatic heterocycles. The fraction of sp³-hybridized carbons (Fsp3) is 0.556. The number of rotatable bonds is 10. The van der Waals surface area contributed by atoms with Crippen molar-refractivity contribution in [3.05, 3.63) is 53.6 Å². The van der Waals surface area contributed by atoms with Crippen LogP contribution < -0.4 is 14.2 Å². The van der Waals surface area contributed by atoms with Crippen LogP contribution in [-0.4, -0.2) is 80.3 Å². The largest absolute Gasteiger partial charge is 0.491 e. The highest BCUT2D eigenvalue weighted by Crippen LogP contribution is 2.32. The van der Waals surface area contributed by atoms with Crippen molar-refractivity contribution in [1.29, 1.82) is 0 Å². The highest BCUT2D eigenvalue weighted by atomic mass is 16.7. The van der Waals surface area contributed by atoms with Crippen LogP contribution in [-0.2, 0) is 16.7 Å². The van der Waals surface area contributed by atoms with Gasteiger partial charge in [0.05, 0.1) is 19.3 Å². The van der Waals surface area contributed by atoms with E-state index in [1.807, 2.05) is 18.2 Å². The van der Waals surface area contributed by atoms with Crippen molar-refractivity contribution in [2.24, 2.45) is 0 Å². The first-order valence-electron chi connectivity index (χ1n) is 12.2. The van der Waals surface area contributed by atoms with Crippen LogP contribution in [0.4, 0.5) is 0 Å². The quantitative estimate of drug-likeness (QED) is 0.535. The van der Waals surface area contributed by atoms with Crippen molar-refractivity contribution >= 4 is 0 Å². The van der Waals surface area contributed by atoms with Gasteiger partial charge in [0.25, 0.3) is 0 Å². The zero-order chi connectivity index (χ0) is 24.0. The SMILES string of the molecule is CC(C)(C)c1ccc(OCCOCC(O)CN2CCN(Cc3ccc4c(c3)OCO4)CC2)cc1. The second kappa shape index (κ2) is 11.4. The van der Waals surface area contributed by atoms with Gasteiger partial charge in [0.2, 0.25) is 6.79 Å². The molecule has 1 unspecified atom stereocenters. The summed E-state index contributed by atoms with van der Waals surface area (Å²) in [6.07, 6.45) is -0.494. The van der Waals surface area contributed by atoms with E-state index in [0.29, 0.717) is 33.2 Å². The lowest BCUT2D eigenvalue weighted by atomic mass is 9.87. The first-order valence-corrected chi connectivity index (χ1v) is 12.2. The number of β-amino-alcohol motifs (C(OH)–C–C–N with tert-alkyl or cyclic N) is 1. The predicted octanol–water partition coefficient (Wildman–Crippen LogP) is 3.29. The summed E-state index contributed by atoms with van der Waals surface area (Å²) in [5.41, 5.74) is 2.66. The molecule has 7 nitrogen and oxygen atoms in total. The van der Waals surface area contributed by atoms with Crippen LogP contribution in [0, 0.1) is 0 Å². The van der Waals surface area contributed by atoms with Gasteiger partial charge < -0.3 is 24.1 Å². The summed E-state index contributed by atoms with van der Waals surface area (Å²) in [5.74, 6) is 2.50. The second-order valence-corrected chi connectivity index (χ2v) is 10.1. The van der Waals surface area contributed by atoms with Gasteiger partial charge in [0, 0.05) is 39.3 Å². The Kier molecular flexibility index (Phi) is 8.32. The molecule has 0 aliphatic carbocycles. The van der Waals surface area contributed by atoms with Crippen LogP contribution >= 0.6 is 0 Å². The third kappa shape index (κ3) is 7.09. The summed E-state index contributed by atoms with van der Waals surface area (Å²) in [7, 11) is 0. The van der Waals surface area contributed by atoms with Crippen LogP contribution in [0.3, 0.4) is 0 Å². The molecule has 0 spiro atoms. The number of piperazine rings is 1. The minimum absolute atomic E-state index is 0.136. The van der Waals surface area contributed by atoms with Crippen molar-refractivity contribution in [2.75, 3.05) is 59.3 Å². The summed E-state index contributed by atoms with van der Waals surface area (Å²) in [6.45, 7) is 13.5. The summed E-state index contributed by atoms with van der Waals surface area (Å²) in [5, 5.41) is 10.4. The van der Waals surface area contributed by atoms with Crippen LogP contribution in [0.2, 0.25) is 0 Å². The highest BCUT2D eigenvalue weighted by molar-refractivity contribution is 5.44. The van der Waals surface area contributed by atoms with E-state index in [1.54, 1.807) is 0 Å². The van der Waals surface area contributed by atoms with Gasteiger partial charge >= 0.3 is 0 Å². The lowest BCUT2D eigenvalue weighted by Gasteiger charge is -2.35. The lowest BCUT2D eigenvalue weighted by molar-refractivity contribution is -0.000440. The molecule has 4 rings (SSSR count). The van der Waals surface area contributed by atoms with Crippen molar-refractivity contribution in [1.82, 2.24) is 9.80 Å². The monoisotopic (exact) mass is 470 g/mol. The molecule has 186 valence electrons. The molecule has 1 saturated heterocycles. The zero-order valence-corrected chi connectivity index (χ0v) is 20.7. The molecule has 2 aliphatic heterocycles. The Morgan fingerprint density at radius 2 is 1.62 bits per heavy atom. The fourth-order valence-electron chi connectivity index (χ4n) is 4.27. The molecule has 0 radical (unpaired) electrons. The molecule has 1 N–H and O–H groups in total. The Morgan fingerprint density at radius 1 is 0.912 bits per heavy atom. The van der Waals surface area contributed by atoms with E-state index < -0.39 is 6.10 Å². The molecule has 2 aromatic carbocycles. The topological polar surface area (TPSA) is 63.6 Å². The molecule has 2 aliphatic rings. The number of hydrogen-bond acceptors (Lipinski definition) is 7. The highest BCUT2D eigenvalue weighted by Gasteiger charge is 2.21. The maximum atomic E-state index is 10.4. The minimum atomic E-state index is -0.494. The minimum Gasteiger partial charge on any atom is -0.491 e. The van der Waals surface area contributed by atoms with E-state index in [9.17, 15) is 5.11 Å². The molecule has 1 fully saturated rings. The smallest absolute Gasteiger partial charge is 0.231 e. The number of aliphatic hydroxyl groups is 1. The third-order valence-corrected chi connectivity index (χ3v) is 6.30. The first-order chi connectivity index (χ1) is 16.4. The molecule has 7 heteroatoms. The molecule has 0 bridgehead atoms. The average Bonchev–Trinajstić information content (AvgIpc) is 3.28. The van der Waals surface area contributed by atoms with Crippen LogP contribution in [0.1, 0.15) is 31.9 Å².